The third-order valence-electron chi connectivity index (χ3n) is 4.60. The zero-order valence-electron chi connectivity index (χ0n) is 11.8. The van der Waals surface area contributed by atoms with E-state index < -0.39 is 0 Å². The molecule has 0 aromatic carbocycles. The number of aliphatic hydroxyl groups excluding tert-OH is 1. The van der Waals surface area contributed by atoms with Gasteiger partial charge in [0.2, 0.25) is 0 Å². The first-order valence-electron chi connectivity index (χ1n) is 7.18. The number of aromatic nitrogens is 1. The van der Waals surface area contributed by atoms with Crippen molar-refractivity contribution in [1.29, 1.82) is 0 Å². The highest BCUT2D eigenvalue weighted by atomic mass is 16.3. The molecule has 0 radical (unpaired) electrons. The summed E-state index contributed by atoms with van der Waals surface area (Å²) in [6, 6.07) is 1.98. The Balaban J connectivity index is 2.00. The van der Waals surface area contributed by atoms with Gasteiger partial charge in [-0.05, 0) is 62.0 Å². The molecule has 0 bridgehead atoms. The molecule has 2 heteroatoms. The molecule has 2 nitrogen and oxygen atoms in total. The van der Waals surface area contributed by atoms with Crippen molar-refractivity contribution in [3.63, 3.8) is 0 Å². The minimum absolute atomic E-state index is 0.327. The SMILES string of the molecule is Cc1ccncc1C(O)C1CCC(C(C)C)CC1. The Labute approximate surface area is 110 Å². The molecule has 1 unspecified atom stereocenters. The van der Waals surface area contributed by atoms with Gasteiger partial charge in [-0.1, -0.05) is 13.8 Å². The molecule has 0 aliphatic heterocycles. The lowest BCUT2D eigenvalue weighted by atomic mass is 9.74. The van der Waals surface area contributed by atoms with Crippen LogP contribution in [-0.2, 0) is 0 Å². The minimum atomic E-state index is -0.327. The fraction of sp³-hybridized carbons (Fsp3) is 0.688. The Hall–Kier alpha value is -0.890. The summed E-state index contributed by atoms with van der Waals surface area (Å²) < 4.78 is 0. The second-order valence-electron chi connectivity index (χ2n) is 6.10. The standard InChI is InChI=1S/C16H25NO/c1-11(2)13-4-6-14(7-5-13)16(18)15-10-17-9-8-12(15)3/h8-11,13-14,16,18H,4-7H2,1-3H3. The summed E-state index contributed by atoms with van der Waals surface area (Å²) in [4.78, 5) is 4.14. The molecule has 1 aromatic rings. The van der Waals surface area contributed by atoms with Crippen molar-refractivity contribution < 1.29 is 5.11 Å². The van der Waals surface area contributed by atoms with E-state index in [1.165, 1.54) is 12.8 Å². The highest BCUT2D eigenvalue weighted by Crippen LogP contribution is 2.39. The molecular weight excluding hydrogens is 222 g/mol. The van der Waals surface area contributed by atoms with Crippen molar-refractivity contribution in [2.75, 3.05) is 0 Å². The van der Waals surface area contributed by atoms with Gasteiger partial charge in [-0.3, -0.25) is 4.98 Å². The maximum Gasteiger partial charge on any atom is 0.0835 e. The lowest BCUT2D eigenvalue weighted by Gasteiger charge is -2.33. The molecule has 0 saturated heterocycles. The lowest BCUT2D eigenvalue weighted by Crippen LogP contribution is -2.23. The third kappa shape index (κ3) is 2.92. The van der Waals surface area contributed by atoms with Crippen LogP contribution in [0.3, 0.4) is 0 Å². The summed E-state index contributed by atoms with van der Waals surface area (Å²) in [5.74, 6) is 2.05. The van der Waals surface area contributed by atoms with Crippen LogP contribution in [0.4, 0.5) is 0 Å². The van der Waals surface area contributed by atoms with Gasteiger partial charge in [0.1, 0.15) is 0 Å². The molecule has 100 valence electrons. The second-order valence-corrected chi connectivity index (χ2v) is 6.10. The molecule has 0 amide bonds. The largest absolute Gasteiger partial charge is 0.388 e. The lowest BCUT2D eigenvalue weighted by molar-refractivity contribution is 0.0661. The molecule has 1 aliphatic rings. The smallest absolute Gasteiger partial charge is 0.0835 e. The molecule has 1 aliphatic carbocycles. The molecule has 1 heterocycles. The number of rotatable bonds is 3. The minimum Gasteiger partial charge on any atom is -0.388 e. The van der Waals surface area contributed by atoms with Crippen molar-refractivity contribution in [1.82, 2.24) is 4.98 Å². The normalized spacial score (nSPS) is 26.3. The number of hydrogen-bond acceptors (Lipinski definition) is 2. The molecule has 1 atom stereocenters. The summed E-state index contributed by atoms with van der Waals surface area (Å²) in [5, 5.41) is 10.5. The van der Waals surface area contributed by atoms with Crippen LogP contribution >= 0.6 is 0 Å². The molecule has 1 aromatic heterocycles. The maximum absolute atomic E-state index is 10.5. The van der Waals surface area contributed by atoms with E-state index in [4.69, 9.17) is 0 Å². The summed E-state index contributed by atoms with van der Waals surface area (Å²) in [7, 11) is 0. The van der Waals surface area contributed by atoms with Gasteiger partial charge in [0.15, 0.2) is 0 Å². The zero-order valence-corrected chi connectivity index (χ0v) is 11.8. The van der Waals surface area contributed by atoms with E-state index >= 15 is 0 Å². The Bertz CT molecular complexity index is 380. The van der Waals surface area contributed by atoms with Gasteiger partial charge in [0, 0.05) is 18.0 Å². The number of pyridine rings is 1. The third-order valence-corrected chi connectivity index (χ3v) is 4.60. The summed E-state index contributed by atoms with van der Waals surface area (Å²) in [6.45, 7) is 6.68. The van der Waals surface area contributed by atoms with E-state index in [0.29, 0.717) is 5.92 Å². The first-order valence-corrected chi connectivity index (χ1v) is 7.18. The van der Waals surface area contributed by atoms with Crippen LogP contribution in [0.25, 0.3) is 0 Å². The van der Waals surface area contributed by atoms with Gasteiger partial charge in [-0.15, -0.1) is 0 Å². The molecule has 1 fully saturated rings. The summed E-state index contributed by atoms with van der Waals surface area (Å²) >= 11 is 0. The highest BCUT2D eigenvalue weighted by Gasteiger charge is 2.29. The van der Waals surface area contributed by atoms with Crippen molar-refractivity contribution in [2.45, 2.75) is 52.6 Å². The molecule has 1 N–H and O–H groups in total. The molecule has 2 rings (SSSR count). The van der Waals surface area contributed by atoms with Gasteiger partial charge < -0.3 is 5.11 Å². The molecule has 1 saturated carbocycles. The maximum atomic E-state index is 10.5. The van der Waals surface area contributed by atoms with Crippen LogP contribution in [0, 0.1) is 24.7 Å². The first kappa shape index (κ1) is 13.5. The van der Waals surface area contributed by atoms with Gasteiger partial charge >= 0.3 is 0 Å². The number of hydrogen-bond donors (Lipinski definition) is 1. The Morgan fingerprint density at radius 1 is 1.17 bits per heavy atom. The average molecular weight is 247 g/mol. The molecular formula is C16H25NO. The topological polar surface area (TPSA) is 33.1 Å². The van der Waals surface area contributed by atoms with E-state index in [2.05, 4.69) is 25.8 Å². The van der Waals surface area contributed by atoms with Crippen molar-refractivity contribution in [3.8, 4) is 0 Å². The predicted octanol–water partition coefficient (Wildman–Crippen LogP) is 3.89. The fourth-order valence-electron chi connectivity index (χ4n) is 3.17. The highest BCUT2D eigenvalue weighted by molar-refractivity contribution is 5.24. The van der Waals surface area contributed by atoms with Crippen LogP contribution in [0.5, 0.6) is 0 Å². The van der Waals surface area contributed by atoms with Crippen molar-refractivity contribution in [2.24, 2.45) is 17.8 Å². The van der Waals surface area contributed by atoms with E-state index in [0.717, 1.165) is 35.8 Å². The number of nitrogens with zero attached hydrogens (tertiary/aromatic N) is 1. The first-order chi connectivity index (χ1) is 8.59. The van der Waals surface area contributed by atoms with Gasteiger partial charge in [-0.25, -0.2) is 0 Å². The monoisotopic (exact) mass is 247 g/mol. The number of aryl methyl sites for hydroxylation is 1. The quantitative estimate of drug-likeness (QED) is 0.879. The Morgan fingerprint density at radius 2 is 1.78 bits per heavy atom. The molecule has 18 heavy (non-hydrogen) atoms. The summed E-state index contributed by atoms with van der Waals surface area (Å²) in [5.41, 5.74) is 2.17. The van der Waals surface area contributed by atoms with E-state index in [9.17, 15) is 5.11 Å². The van der Waals surface area contributed by atoms with E-state index in [1.807, 2.05) is 12.3 Å². The van der Waals surface area contributed by atoms with Crippen LogP contribution in [0.15, 0.2) is 18.5 Å². The summed E-state index contributed by atoms with van der Waals surface area (Å²) in [6.07, 6.45) is 8.12. The number of aliphatic hydroxyl groups is 1. The van der Waals surface area contributed by atoms with E-state index in [1.54, 1.807) is 6.20 Å². The van der Waals surface area contributed by atoms with E-state index in [-0.39, 0.29) is 6.10 Å². The second kappa shape index (κ2) is 5.83. The van der Waals surface area contributed by atoms with Gasteiger partial charge in [-0.2, -0.15) is 0 Å². The Morgan fingerprint density at radius 3 is 2.33 bits per heavy atom. The Kier molecular flexibility index (Phi) is 4.39. The van der Waals surface area contributed by atoms with Crippen LogP contribution in [-0.4, -0.2) is 10.1 Å². The van der Waals surface area contributed by atoms with Gasteiger partial charge in [0.05, 0.1) is 6.10 Å². The van der Waals surface area contributed by atoms with Crippen LogP contribution in [0.2, 0.25) is 0 Å². The van der Waals surface area contributed by atoms with Crippen LogP contribution < -0.4 is 0 Å². The fourth-order valence-corrected chi connectivity index (χ4v) is 3.17. The predicted molar refractivity (Wildman–Crippen MR) is 74.2 cm³/mol. The average Bonchev–Trinajstić information content (AvgIpc) is 2.38. The molecule has 0 spiro atoms. The van der Waals surface area contributed by atoms with Crippen molar-refractivity contribution >= 4 is 0 Å². The van der Waals surface area contributed by atoms with Crippen molar-refractivity contribution in [3.05, 3.63) is 29.6 Å². The van der Waals surface area contributed by atoms with Crippen LogP contribution in [0.1, 0.15) is 56.8 Å². The zero-order chi connectivity index (χ0) is 13.1. The van der Waals surface area contributed by atoms with Gasteiger partial charge in [0.25, 0.3) is 0 Å².